The number of carbonyl (C=O) groups is 2. The number of aliphatic carboxylic acids is 1. The highest BCUT2D eigenvalue weighted by Crippen LogP contribution is 2.31. The summed E-state index contributed by atoms with van der Waals surface area (Å²) in [6.07, 6.45) is 6.39. The highest BCUT2D eigenvalue weighted by molar-refractivity contribution is 5.85. The first-order valence-electron chi connectivity index (χ1n) is 6.35. The molecule has 1 N–H and O–H groups in total. The van der Waals surface area contributed by atoms with E-state index in [9.17, 15) is 14.7 Å². The number of carboxylic acid groups (broad SMARTS) is 1. The van der Waals surface area contributed by atoms with Gasteiger partial charge in [0.25, 0.3) is 0 Å². The van der Waals surface area contributed by atoms with Crippen molar-refractivity contribution >= 4 is 11.9 Å². The van der Waals surface area contributed by atoms with Gasteiger partial charge in [0, 0.05) is 13.1 Å². The molecular weight excluding hydrogens is 230 g/mol. The first-order chi connectivity index (χ1) is 8.61. The summed E-state index contributed by atoms with van der Waals surface area (Å²) in [7, 11) is 0. The molecule has 1 fully saturated rings. The second-order valence-electron chi connectivity index (χ2n) is 4.66. The third-order valence-corrected chi connectivity index (χ3v) is 3.41. The topological polar surface area (TPSA) is 57.6 Å². The average Bonchev–Trinajstić information content (AvgIpc) is 2.37. The van der Waals surface area contributed by atoms with Crippen molar-refractivity contribution in [3.63, 3.8) is 0 Å². The molecule has 1 saturated carbocycles. The van der Waals surface area contributed by atoms with E-state index >= 15 is 0 Å². The normalized spacial score (nSPS) is 23.1. The van der Waals surface area contributed by atoms with Crippen LogP contribution in [0.4, 0.5) is 0 Å². The van der Waals surface area contributed by atoms with Crippen LogP contribution >= 0.6 is 0 Å². The molecule has 0 radical (unpaired) electrons. The summed E-state index contributed by atoms with van der Waals surface area (Å²) in [4.78, 5) is 25.2. The fourth-order valence-corrected chi connectivity index (χ4v) is 2.52. The zero-order valence-electron chi connectivity index (χ0n) is 10.7. The Kier molecular flexibility index (Phi) is 5.62. The largest absolute Gasteiger partial charge is 0.481 e. The fraction of sp³-hybridized carbons (Fsp3) is 0.571. The van der Waals surface area contributed by atoms with E-state index in [1.165, 1.54) is 0 Å². The van der Waals surface area contributed by atoms with Gasteiger partial charge in [-0.2, -0.15) is 0 Å². The average molecular weight is 251 g/mol. The van der Waals surface area contributed by atoms with Gasteiger partial charge in [-0.05, 0) is 12.8 Å². The van der Waals surface area contributed by atoms with E-state index in [0.29, 0.717) is 25.9 Å². The van der Waals surface area contributed by atoms with Gasteiger partial charge in [0.15, 0.2) is 0 Å². The summed E-state index contributed by atoms with van der Waals surface area (Å²) in [5.41, 5.74) is 0. The highest BCUT2D eigenvalue weighted by Gasteiger charge is 2.37. The van der Waals surface area contributed by atoms with Crippen molar-refractivity contribution in [1.29, 1.82) is 0 Å². The predicted molar refractivity (Wildman–Crippen MR) is 70.1 cm³/mol. The van der Waals surface area contributed by atoms with Crippen LogP contribution in [0.2, 0.25) is 0 Å². The highest BCUT2D eigenvalue weighted by atomic mass is 16.4. The van der Waals surface area contributed by atoms with Crippen LogP contribution in [-0.4, -0.2) is 35.0 Å². The zero-order chi connectivity index (χ0) is 13.5. The summed E-state index contributed by atoms with van der Waals surface area (Å²) in [5, 5.41) is 9.19. The van der Waals surface area contributed by atoms with Crippen molar-refractivity contribution in [2.75, 3.05) is 13.1 Å². The molecule has 0 spiro atoms. The molecule has 2 atom stereocenters. The molecule has 0 aromatic carbocycles. The second kappa shape index (κ2) is 6.99. The SMILES string of the molecule is C=CCN(CC=C)C(=O)[C@H]1CCCC[C@H]1C(=O)O. The van der Waals surface area contributed by atoms with Gasteiger partial charge < -0.3 is 10.0 Å². The van der Waals surface area contributed by atoms with E-state index in [4.69, 9.17) is 0 Å². The number of carbonyl (C=O) groups excluding carboxylic acids is 1. The summed E-state index contributed by atoms with van der Waals surface area (Å²) in [5.74, 6) is -1.87. The summed E-state index contributed by atoms with van der Waals surface area (Å²) < 4.78 is 0. The molecular formula is C14H21NO3. The van der Waals surface area contributed by atoms with Crippen LogP contribution < -0.4 is 0 Å². The molecule has 1 aliphatic rings. The molecule has 0 saturated heterocycles. The number of rotatable bonds is 6. The Balaban J connectivity index is 2.79. The molecule has 4 heteroatoms. The number of carboxylic acids is 1. The minimum Gasteiger partial charge on any atom is -0.481 e. The van der Waals surface area contributed by atoms with Gasteiger partial charge in [-0.3, -0.25) is 9.59 Å². The summed E-state index contributed by atoms with van der Waals surface area (Å²) in [6, 6.07) is 0. The minimum atomic E-state index is -0.856. The fourth-order valence-electron chi connectivity index (χ4n) is 2.52. The lowest BCUT2D eigenvalue weighted by molar-refractivity contribution is -0.151. The van der Waals surface area contributed by atoms with Gasteiger partial charge in [0.1, 0.15) is 0 Å². The Morgan fingerprint density at radius 3 is 2.06 bits per heavy atom. The number of hydrogen-bond donors (Lipinski definition) is 1. The van der Waals surface area contributed by atoms with E-state index in [0.717, 1.165) is 12.8 Å². The third kappa shape index (κ3) is 3.45. The molecule has 0 aromatic rings. The number of hydrogen-bond acceptors (Lipinski definition) is 2. The predicted octanol–water partition coefficient (Wildman–Crippen LogP) is 2.08. The van der Waals surface area contributed by atoms with E-state index in [2.05, 4.69) is 13.2 Å². The van der Waals surface area contributed by atoms with Gasteiger partial charge in [0.2, 0.25) is 5.91 Å². The van der Waals surface area contributed by atoms with Crippen molar-refractivity contribution in [3.8, 4) is 0 Å². The third-order valence-electron chi connectivity index (χ3n) is 3.41. The molecule has 4 nitrogen and oxygen atoms in total. The van der Waals surface area contributed by atoms with Gasteiger partial charge in [-0.25, -0.2) is 0 Å². The van der Waals surface area contributed by atoms with Crippen LogP contribution in [0.15, 0.2) is 25.3 Å². The molecule has 0 aliphatic heterocycles. The van der Waals surface area contributed by atoms with E-state index in [-0.39, 0.29) is 5.91 Å². The van der Waals surface area contributed by atoms with Crippen molar-refractivity contribution in [3.05, 3.63) is 25.3 Å². The standard InChI is InChI=1S/C14H21NO3/c1-3-9-15(10-4-2)13(16)11-7-5-6-8-12(11)14(17)18/h3-4,11-12H,1-2,5-10H2,(H,17,18)/t11-,12+/m0/s1. The van der Waals surface area contributed by atoms with Crippen LogP contribution in [0.5, 0.6) is 0 Å². The summed E-state index contributed by atoms with van der Waals surface area (Å²) in [6.45, 7) is 8.12. The van der Waals surface area contributed by atoms with Crippen LogP contribution in [0.25, 0.3) is 0 Å². The monoisotopic (exact) mass is 251 g/mol. The first-order valence-corrected chi connectivity index (χ1v) is 6.35. The Bertz CT molecular complexity index is 328. The van der Waals surface area contributed by atoms with Gasteiger partial charge in [0.05, 0.1) is 11.8 Å². The molecule has 1 aliphatic carbocycles. The lowest BCUT2D eigenvalue weighted by Gasteiger charge is -2.31. The van der Waals surface area contributed by atoms with Gasteiger partial charge in [-0.1, -0.05) is 25.0 Å². The Labute approximate surface area is 108 Å². The van der Waals surface area contributed by atoms with Gasteiger partial charge >= 0.3 is 5.97 Å². The van der Waals surface area contributed by atoms with Crippen LogP contribution in [0.3, 0.4) is 0 Å². The Morgan fingerprint density at radius 1 is 1.11 bits per heavy atom. The molecule has 0 heterocycles. The van der Waals surface area contributed by atoms with Crippen LogP contribution in [0.1, 0.15) is 25.7 Å². The number of amides is 1. The molecule has 0 bridgehead atoms. The smallest absolute Gasteiger partial charge is 0.307 e. The second-order valence-corrected chi connectivity index (χ2v) is 4.66. The van der Waals surface area contributed by atoms with E-state index < -0.39 is 17.8 Å². The van der Waals surface area contributed by atoms with Crippen LogP contribution in [0, 0.1) is 11.8 Å². The maximum Gasteiger partial charge on any atom is 0.307 e. The Morgan fingerprint density at radius 2 is 1.61 bits per heavy atom. The van der Waals surface area contributed by atoms with Gasteiger partial charge in [-0.15, -0.1) is 13.2 Å². The molecule has 0 unspecified atom stereocenters. The van der Waals surface area contributed by atoms with E-state index in [1.807, 2.05) is 0 Å². The van der Waals surface area contributed by atoms with Crippen molar-refractivity contribution < 1.29 is 14.7 Å². The van der Waals surface area contributed by atoms with E-state index in [1.54, 1.807) is 17.1 Å². The summed E-state index contributed by atoms with van der Waals surface area (Å²) >= 11 is 0. The van der Waals surface area contributed by atoms with Crippen molar-refractivity contribution in [1.82, 2.24) is 4.90 Å². The molecule has 0 aromatic heterocycles. The molecule has 1 rings (SSSR count). The molecule has 1 amide bonds. The Hall–Kier alpha value is -1.58. The maximum atomic E-state index is 12.4. The number of nitrogens with zero attached hydrogens (tertiary/aromatic N) is 1. The van der Waals surface area contributed by atoms with Crippen molar-refractivity contribution in [2.45, 2.75) is 25.7 Å². The molecule has 18 heavy (non-hydrogen) atoms. The lowest BCUT2D eigenvalue weighted by Crippen LogP contribution is -2.42. The maximum absolute atomic E-state index is 12.4. The minimum absolute atomic E-state index is 0.0816. The first kappa shape index (κ1) is 14.5. The van der Waals surface area contributed by atoms with Crippen molar-refractivity contribution in [2.24, 2.45) is 11.8 Å². The van der Waals surface area contributed by atoms with Crippen LogP contribution in [-0.2, 0) is 9.59 Å². The lowest BCUT2D eigenvalue weighted by atomic mass is 9.78. The zero-order valence-corrected chi connectivity index (χ0v) is 10.7. The quantitative estimate of drug-likeness (QED) is 0.735. The molecule has 100 valence electrons.